The molecule has 0 aromatic heterocycles. The fraction of sp³-hybridized carbons (Fsp3) is 1.00. The Labute approximate surface area is 88.5 Å². The molecule has 0 radical (unpaired) electrons. The van der Waals surface area contributed by atoms with Crippen LogP contribution in [-0.2, 0) is 4.74 Å². The average molecular weight is 225 g/mol. The van der Waals surface area contributed by atoms with E-state index in [0.29, 0.717) is 0 Å². The first-order valence-electron chi connectivity index (χ1n) is 4.74. The van der Waals surface area contributed by atoms with Gasteiger partial charge < -0.3 is 20.1 Å². The second-order valence-electron chi connectivity index (χ2n) is 4.01. The summed E-state index contributed by atoms with van der Waals surface area (Å²) in [6.07, 6.45) is -4.43. The Morgan fingerprint density at radius 3 is 2.14 bits per heavy atom. The molecule has 4 nitrogen and oxygen atoms in total. The molecule has 1 rings (SSSR count). The first-order valence-corrected chi connectivity index (χ1v) is 5.28. The molecule has 0 bridgehead atoms. The Morgan fingerprint density at radius 2 is 1.71 bits per heavy atom. The molecule has 84 valence electrons. The van der Waals surface area contributed by atoms with E-state index in [-0.39, 0.29) is 11.8 Å². The lowest BCUT2D eigenvalue weighted by molar-refractivity contribution is -0.225. The first kappa shape index (κ1) is 12.2. The van der Waals surface area contributed by atoms with E-state index in [4.69, 9.17) is 16.3 Å². The van der Waals surface area contributed by atoms with Crippen molar-refractivity contribution in [1.29, 1.82) is 0 Å². The van der Waals surface area contributed by atoms with Crippen molar-refractivity contribution in [3.05, 3.63) is 0 Å². The fourth-order valence-corrected chi connectivity index (χ4v) is 1.91. The molecule has 4 unspecified atom stereocenters. The van der Waals surface area contributed by atoms with Crippen LogP contribution in [0, 0.1) is 5.92 Å². The molecular formula is C9H17ClO4. The van der Waals surface area contributed by atoms with E-state index in [0.717, 1.165) is 0 Å². The van der Waals surface area contributed by atoms with E-state index < -0.39 is 30.5 Å². The minimum atomic E-state index is -1.18. The third-order valence-corrected chi connectivity index (χ3v) is 2.86. The maximum Gasteiger partial charge on any atom is 0.111 e. The summed E-state index contributed by atoms with van der Waals surface area (Å²) in [5, 5.41) is 28.6. The summed E-state index contributed by atoms with van der Waals surface area (Å²) in [6.45, 7) is 3.76. The van der Waals surface area contributed by atoms with E-state index >= 15 is 0 Å². The van der Waals surface area contributed by atoms with E-state index in [1.807, 2.05) is 13.8 Å². The average Bonchev–Trinajstić information content (AvgIpc) is 2.14. The molecule has 0 saturated carbocycles. The van der Waals surface area contributed by atoms with Gasteiger partial charge in [0.25, 0.3) is 0 Å². The summed E-state index contributed by atoms with van der Waals surface area (Å²) < 4.78 is 5.40. The van der Waals surface area contributed by atoms with Gasteiger partial charge in [-0.3, -0.25) is 0 Å². The third-order valence-electron chi connectivity index (χ3n) is 2.56. The van der Waals surface area contributed by atoms with Gasteiger partial charge in [0, 0.05) is 0 Å². The van der Waals surface area contributed by atoms with Crippen LogP contribution in [0.5, 0.6) is 0 Å². The van der Waals surface area contributed by atoms with Crippen LogP contribution in [0.1, 0.15) is 13.8 Å². The van der Waals surface area contributed by atoms with Gasteiger partial charge in [0.2, 0.25) is 0 Å². The van der Waals surface area contributed by atoms with Gasteiger partial charge in [-0.15, -0.1) is 11.6 Å². The summed E-state index contributed by atoms with van der Waals surface area (Å²) in [5.41, 5.74) is 0. The quantitative estimate of drug-likeness (QED) is 0.565. The first-order chi connectivity index (χ1) is 6.49. The summed E-state index contributed by atoms with van der Waals surface area (Å²) in [5.74, 6) is 0.173. The van der Waals surface area contributed by atoms with Crippen molar-refractivity contribution in [2.45, 2.75) is 44.4 Å². The maximum absolute atomic E-state index is 9.61. The molecule has 0 amide bonds. The molecule has 0 spiro atoms. The van der Waals surface area contributed by atoms with Crippen molar-refractivity contribution in [3.8, 4) is 0 Å². The van der Waals surface area contributed by atoms with E-state index in [9.17, 15) is 15.3 Å². The highest BCUT2D eigenvalue weighted by molar-refractivity contribution is 6.18. The van der Waals surface area contributed by atoms with Gasteiger partial charge in [-0.2, -0.15) is 0 Å². The lowest BCUT2D eigenvalue weighted by atomic mass is 9.90. The number of hydrogen-bond acceptors (Lipinski definition) is 4. The topological polar surface area (TPSA) is 69.9 Å². The van der Waals surface area contributed by atoms with Crippen molar-refractivity contribution in [3.63, 3.8) is 0 Å². The van der Waals surface area contributed by atoms with Crippen molar-refractivity contribution in [1.82, 2.24) is 0 Å². The Balaban J connectivity index is 2.73. The molecular weight excluding hydrogens is 208 g/mol. The van der Waals surface area contributed by atoms with Crippen molar-refractivity contribution >= 4 is 11.6 Å². The minimum absolute atomic E-state index is 0.0675. The number of halogens is 1. The number of alkyl halides is 1. The van der Waals surface area contributed by atoms with Crippen LogP contribution >= 0.6 is 11.6 Å². The predicted octanol–water partition coefficient (Wildman–Crippen LogP) is -0.269. The van der Waals surface area contributed by atoms with Gasteiger partial charge >= 0.3 is 0 Å². The molecule has 3 N–H and O–H groups in total. The molecule has 1 heterocycles. The van der Waals surface area contributed by atoms with Crippen LogP contribution in [0.15, 0.2) is 0 Å². The van der Waals surface area contributed by atoms with Crippen LogP contribution in [0.4, 0.5) is 0 Å². The zero-order chi connectivity index (χ0) is 10.9. The summed E-state index contributed by atoms with van der Waals surface area (Å²) in [7, 11) is 0. The molecule has 1 aliphatic heterocycles. The summed E-state index contributed by atoms with van der Waals surface area (Å²) >= 11 is 5.58. The summed E-state index contributed by atoms with van der Waals surface area (Å²) in [6, 6.07) is 0. The Kier molecular flexibility index (Phi) is 4.15. The maximum atomic E-state index is 9.61. The predicted molar refractivity (Wildman–Crippen MR) is 52.2 cm³/mol. The molecule has 1 aliphatic rings. The number of ether oxygens (including phenoxy) is 1. The van der Waals surface area contributed by atoms with Gasteiger partial charge in [-0.05, 0) is 5.92 Å². The molecule has 5 heteroatoms. The van der Waals surface area contributed by atoms with Crippen LogP contribution in [0.25, 0.3) is 0 Å². The van der Waals surface area contributed by atoms with Crippen LogP contribution < -0.4 is 0 Å². The zero-order valence-corrected chi connectivity index (χ0v) is 9.05. The lowest BCUT2D eigenvalue weighted by Crippen LogP contribution is -2.59. The van der Waals surface area contributed by atoms with Gasteiger partial charge in [-0.25, -0.2) is 0 Å². The molecule has 0 aromatic carbocycles. The smallest absolute Gasteiger partial charge is 0.111 e. The van der Waals surface area contributed by atoms with Crippen molar-refractivity contribution in [2.24, 2.45) is 5.92 Å². The van der Waals surface area contributed by atoms with Crippen LogP contribution in [0.2, 0.25) is 0 Å². The molecule has 1 saturated heterocycles. The van der Waals surface area contributed by atoms with Gasteiger partial charge in [0.05, 0.1) is 12.0 Å². The lowest BCUT2D eigenvalue weighted by Gasteiger charge is -2.41. The molecule has 0 aliphatic carbocycles. The van der Waals surface area contributed by atoms with Crippen LogP contribution in [-0.4, -0.2) is 51.7 Å². The molecule has 5 atom stereocenters. The second kappa shape index (κ2) is 4.77. The van der Waals surface area contributed by atoms with E-state index in [1.54, 1.807) is 0 Å². The molecule has 14 heavy (non-hydrogen) atoms. The fourth-order valence-electron chi connectivity index (χ4n) is 1.66. The number of aliphatic hydroxyl groups is 3. The Hall–Kier alpha value is 0.130. The van der Waals surface area contributed by atoms with Crippen molar-refractivity contribution in [2.75, 3.05) is 5.88 Å². The number of hydrogen-bond donors (Lipinski definition) is 3. The SMILES string of the molecule is CC(C)C1OC(CCl)[C@H](O)C(O)C1O. The minimum Gasteiger partial charge on any atom is -0.388 e. The van der Waals surface area contributed by atoms with Crippen LogP contribution in [0.3, 0.4) is 0 Å². The molecule has 0 aromatic rings. The number of aliphatic hydroxyl groups excluding tert-OH is 3. The summed E-state index contributed by atoms with van der Waals surface area (Å²) in [4.78, 5) is 0. The normalized spacial score (nSPS) is 44.4. The highest BCUT2D eigenvalue weighted by Crippen LogP contribution is 2.26. The zero-order valence-electron chi connectivity index (χ0n) is 8.30. The largest absolute Gasteiger partial charge is 0.388 e. The van der Waals surface area contributed by atoms with E-state index in [2.05, 4.69) is 0 Å². The van der Waals surface area contributed by atoms with Gasteiger partial charge in [0.1, 0.15) is 24.4 Å². The Morgan fingerprint density at radius 1 is 1.14 bits per heavy atom. The standard InChI is InChI=1S/C9H17ClO4/c1-4(2)9-8(13)7(12)6(11)5(3-10)14-9/h4-9,11-13H,3H2,1-2H3/t5?,6-,7?,8?,9?/m0/s1. The highest BCUT2D eigenvalue weighted by atomic mass is 35.5. The van der Waals surface area contributed by atoms with Crippen molar-refractivity contribution < 1.29 is 20.1 Å². The Bertz CT molecular complexity index is 186. The van der Waals surface area contributed by atoms with Gasteiger partial charge in [0.15, 0.2) is 0 Å². The second-order valence-corrected chi connectivity index (χ2v) is 4.32. The molecule has 1 fully saturated rings. The highest BCUT2D eigenvalue weighted by Gasteiger charge is 2.44. The van der Waals surface area contributed by atoms with Gasteiger partial charge in [-0.1, -0.05) is 13.8 Å². The monoisotopic (exact) mass is 224 g/mol. The third kappa shape index (κ3) is 2.20. The van der Waals surface area contributed by atoms with E-state index in [1.165, 1.54) is 0 Å². The number of rotatable bonds is 2.